The number of rotatable bonds is 1. The van der Waals surface area contributed by atoms with E-state index in [1.165, 1.54) is 32.1 Å². The summed E-state index contributed by atoms with van der Waals surface area (Å²) in [5, 5.41) is 0. The molecule has 2 rings (SSSR count). The summed E-state index contributed by atoms with van der Waals surface area (Å²) in [7, 11) is 0. The molecule has 0 saturated carbocycles. The number of hydrogen-bond acceptors (Lipinski definition) is 0. The molecule has 0 aromatic carbocycles. The van der Waals surface area contributed by atoms with Crippen molar-refractivity contribution in [2.45, 2.75) is 46.0 Å². The third-order valence-electron chi connectivity index (χ3n) is 3.93. The first-order chi connectivity index (χ1) is 6.26. The minimum atomic E-state index is 0.549. The zero-order valence-electron chi connectivity index (χ0n) is 8.84. The van der Waals surface area contributed by atoms with Crippen LogP contribution in [0.25, 0.3) is 0 Å². The van der Waals surface area contributed by atoms with Crippen molar-refractivity contribution < 1.29 is 0 Å². The van der Waals surface area contributed by atoms with E-state index in [0.29, 0.717) is 5.41 Å². The van der Waals surface area contributed by atoms with Gasteiger partial charge in [-0.15, -0.1) is 0 Å². The van der Waals surface area contributed by atoms with Crippen molar-refractivity contribution in [3.05, 3.63) is 23.8 Å². The fraction of sp³-hybridized carbons (Fsp3) is 0.692. The zero-order chi connectivity index (χ0) is 9.31. The first kappa shape index (κ1) is 9.05. The molecule has 0 bridgehead atoms. The standard InChI is InChI=1S/C13H20/c1-11(2)13-9-5-3-7-12(13)8-4-6-10-13/h3,7-8,11H,4-6,9-10H2,1-2H3. The highest BCUT2D eigenvalue weighted by molar-refractivity contribution is 5.32. The fourth-order valence-corrected chi connectivity index (χ4v) is 2.99. The van der Waals surface area contributed by atoms with Crippen LogP contribution in [0.15, 0.2) is 23.8 Å². The minimum Gasteiger partial charge on any atom is -0.0842 e. The summed E-state index contributed by atoms with van der Waals surface area (Å²) in [6.07, 6.45) is 14.0. The van der Waals surface area contributed by atoms with E-state index < -0.39 is 0 Å². The Morgan fingerprint density at radius 2 is 2.08 bits per heavy atom. The average Bonchev–Trinajstić information content (AvgIpc) is 2.17. The van der Waals surface area contributed by atoms with E-state index in [9.17, 15) is 0 Å². The van der Waals surface area contributed by atoms with Gasteiger partial charge in [-0.2, -0.15) is 0 Å². The highest BCUT2D eigenvalue weighted by Crippen LogP contribution is 2.49. The third-order valence-corrected chi connectivity index (χ3v) is 3.93. The SMILES string of the molecule is CC(C)C12CCC=CC1=CCCC2. The third kappa shape index (κ3) is 1.37. The van der Waals surface area contributed by atoms with E-state index in [2.05, 4.69) is 32.1 Å². The lowest BCUT2D eigenvalue weighted by molar-refractivity contribution is 0.194. The summed E-state index contributed by atoms with van der Waals surface area (Å²) in [5.74, 6) is 0.809. The molecule has 0 amide bonds. The molecule has 0 saturated heterocycles. The van der Waals surface area contributed by atoms with Gasteiger partial charge in [-0.1, -0.05) is 32.1 Å². The molecule has 2 aliphatic carbocycles. The Labute approximate surface area is 81.7 Å². The van der Waals surface area contributed by atoms with E-state index in [1.807, 2.05) is 0 Å². The van der Waals surface area contributed by atoms with Gasteiger partial charge in [0.2, 0.25) is 0 Å². The lowest BCUT2D eigenvalue weighted by Crippen LogP contribution is -2.32. The van der Waals surface area contributed by atoms with Crippen molar-refractivity contribution >= 4 is 0 Å². The minimum absolute atomic E-state index is 0.549. The second-order valence-electron chi connectivity index (χ2n) is 4.80. The van der Waals surface area contributed by atoms with Crippen molar-refractivity contribution in [2.75, 3.05) is 0 Å². The molecule has 0 aromatic heterocycles. The second-order valence-corrected chi connectivity index (χ2v) is 4.80. The maximum atomic E-state index is 2.47. The molecule has 2 aliphatic rings. The molecule has 0 aromatic rings. The maximum Gasteiger partial charge on any atom is -0.00242 e. The smallest absolute Gasteiger partial charge is 0.00242 e. The van der Waals surface area contributed by atoms with E-state index in [1.54, 1.807) is 5.57 Å². The van der Waals surface area contributed by atoms with Crippen LogP contribution < -0.4 is 0 Å². The average molecular weight is 176 g/mol. The van der Waals surface area contributed by atoms with E-state index in [4.69, 9.17) is 0 Å². The van der Waals surface area contributed by atoms with Crippen LogP contribution in [0.5, 0.6) is 0 Å². The Kier molecular flexibility index (Phi) is 2.31. The van der Waals surface area contributed by atoms with Crippen LogP contribution in [0.4, 0.5) is 0 Å². The first-order valence-electron chi connectivity index (χ1n) is 5.63. The largest absolute Gasteiger partial charge is 0.0842 e. The Bertz CT molecular complexity index is 245. The van der Waals surface area contributed by atoms with Crippen LogP contribution in [0.3, 0.4) is 0 Å². The summed E-state index contributed by atoms with van der Waals surface area (Å²) in [6.45, 7) is 4.77. The lowest BCUT2D eigenvalue weighted by Gasteiger charge is -2.43. The molecule has 1 unspecified atom stereocenters. The van der Waals surface area contributed by atoms with Crippen LogP contribution in [0, 0.1) is 11.3 Å². The van der Waals surface area contributed by atoms with Gasteiger partial charge in [0.05, 0.1) is 0 Å². The molecule has 0 fully saturated rings. The van der Waals surface area contributed by atoms with Crippen LogP contribution in [0.1, 0.15) is 46.0 Å². The quantitative estimate of drug-likeness (QED) is 0.564. The molecule has 0 radical (unpaired) electrons. The molecule has 0 heterocycles. The van der Waals surface area contributed by atoms with Crippen LogP contribution in [-0.4, -0.2) is 0 Å². The van der Waals surface area contributed by atoms with Crippen molar-refractivity contribution in [1.29, 1.82) is 0 Å². The van der Waals surface area contributed by atoms with Crippen molar-refractivity contribution in [1.82, 2.24) is 0 Å². The molecule has 0 heteroatoms. The molecular formula is C13H20. The van der Waals surface area contributed by atoms with Crippen molar-refractivity contribution in [3.63, 3.8) is 0 Å². The topological polar surface area (TPSA) is 0 Å². The number of allylic oxidation sites excluding steroid dienone is 4. The summed E-state index contributed by atoms with van der Waals surface area (Å²) in [6, 6.07) is 0. The summed E-state index contributed by atoms with van der Waals surface area (Å²) < 4.78 is 0. The highest BCUT2D eigenvalue weighted by atomic mass is 14.4. The predicted octanol–water partition coefficient (Wildman–Crippen LogP) is 4.09. The van der Waals surface area contributed by atoms with Gasteiger partial charge < -0.3 is 0 Å². The van der Waals surface area contributed by atoms with Crippen LogP contribution >= 0.6 is 0 Å². The molecule has 72 valence electrons. The highest BCUT2D eigenvalue weighted by Gasteiger charge is 2.38. The second kappa shape index (κ2) is 3.32. The molecular weight excluding hydrogens is 156 g/mol. The normalized spacial score (nSPS) is 33.0. The van der Waals surface area contributed by atoms with Crippen LogP contribution in [0.2, 0.25) is 0 Å². The maximum absolute atomic E-state index is 2.47. The van der Waals surface area contributed by atoms with E-state index in [-0.39, 0.29) is 0 Å². The Morgan fingerprint density at radius 3 is 2.77 bits per heavy atom. The molecule has 0 spiro atoms. The monoisotopic (exact) mass is 176 g/mol. The molecule has 1 atom stereocenters. The Morgan fingerprint density at radius 1 is 1.23 bits per heavy atom. The van der Waals surface area contributed by atoms with Gasteiger partial charge in [0, 0.05) is 0 Å². The Balaban J connectivity index is 2.36. The summed E-state index contributed by atoms with van der Waals surface area (Å²) >= 11 is 0. The number of fused-ring (bicyclic) bond motifs is 1. The lowest BCUT2D eigenvalue weighted by atomic mass is 9.61. The number of hydrogen-bond donors (Lipinski definition) is 0. The van der Waals surface area contributed by atoms with Gasteiger partial charge in [0.15, 0.2) is 0 Å². The fourth-order valence-electron chi connectivity index (χ4n) is 2.99. The predicted molar refractivity (Wildman–Crippen MR) is 57.6 cm³/mol. The van der Waals surface area contributed by atoms with E-state index >= 15 is 0 Å². The van der Waals surface area contributed by atoms with Gasteiger partial charge in [0.1, 0.15) is 0 Å². The van der Waals surface area contributed by atoms with Gasteiger partial charge in [0.25, 0.3) is 0 Å². The van der Waals surface area contributed by atoms with Gasteiger partial charge in [-0.05, 0) is 49.0 Å². The molecule has 0 nitrogen and oxygen atoms in total. The van der Waals surface area contributed by atoms with Gasteiger partial charge in [-0.25, -0.2) is 0 Å². The van der Waals surface area contributed by atoms with Crippen molar-refractivity contribution in [2.24, 2.45) is 11.3 Å². The molecule has 0 N–H and O–H groups in total. The zero-order valence-corrected chi connectivity index (χ0v) is 8.84. The first-order valence-corrected chi connectivity index (χ1v) is 5.63. The van der Waals surface area contributed by atoms with Crippen molar-refractivity contribution in [3.8, 4) is 0 Å². The van der Waals surface area contributed by atoms with Crippen LogP contribution in [-0.2, 0) is 0 Å². The van der Waals surface area contributed by atoms with Gasteiger partial charge >= 0.3 is 0 Å². The molecule has 0 aliphatic heterocycles. The van der Waals surface area contributed by atoms with E-state index in [0.717, 1.165) is 5.92 Å². The molecule has 13 heavy (non-hydrogen) atoms. The Hall–Kier alpha value is -0.520. The summed E-state index contributed by atoms with van der Waals surface area (Å²) in [4.78, 5) is 0. The van der Waals surface area contributed by atoms with Gasteiger partial charge in [-0.3, -0.25) is 0 Å². The summed E-state index contributed by atoms with van der Waals surface area (Å²) in [5.41, 5.74) is 2.19.